The Bertz CT molecular complexity index is 688. The summed E-state index contributed by atoms with van der Waals surface area (Å²) in [4.78, 5) is 11.7. The lowest BCUT2D eigenvalue weighted by Crippen LogP contribution is -2.15. The Balaban J connectivity index is 2.28. The molecule has 2 rings (SSSR count). The molecule has 0 fully saturated rings. The van der Waals surface area contributed by atoms with E-state index in [9.17, 15) is 22.4 Å². The number of nitrogens with two attached hydrogens (primary N) is 1. The number of nitrogens with one attached hydrogen (secondary N) is 1. The van der Waals surface area contributed by atoms with E-state index in [1.54, 1.807) is 0 Å². The van der Waals surface area contributed by atoms with Gasteiger partial charge in [-0.25, -0.2) is 17.6 Å². The predicted molar refractivity (Wildman–Crippen MR) is 65.1 cm³/mol. The highest BCUT2D eigenvalue weighted by molar-refractivity contribution is 6.04. The van der Waals surface area contributed by atoms with Gasteiger partial charge in [0, 0.05) is 5.69 Å². The Morgan fingerprint density at radius 1 is 0.950 bits per heavy atom. The largest absolute Gasteiger partial charge is 0.396 e. The van der Waals surface area contributed by atoms with Crippen LogP contribution in [0.15, 0.2) is 30.3 Å². The van der Waals surface area contributed by atoms with Gasteiger partial charge in [-0.3, -0.25) is 4.79 Å². The molecule has 1 amide bonds. The van der Waals surface area contributed by atoms with Crippen LogP contribution in [0.1, 0.15) is 10.4 Å². The summed E-state index contributed by atoms with van der Waals surface area (Å²) in [5.74, 6) is -6.57. The van der Waals surface area contributed by atoms with E-state index in [2.05, 4.69) is 5.32 Å². The fourth-order valence-electron chi connectivity index (χ4n) is 1.50. The highest BCUT2D eigenvalue weighted by Crippen LogP contribution is 2.19. The van der Waals surface area contributed by atoms with Crippen LogP contribution in [-0.4, -0.2) is 5.91 Å². The van der Waals surface area contributed by atoms with E-state index in [0.29, 0.717) is 6.07 Å². The number of hydrogen-bond acceptors (Lipinski definition) is 2. The van der Waals surface area contributed by atoms with Gasteiger partial charge >= 0.3 is 0 Å². The fourth-order valence-corrected chi connectivity index (χ4v) is 1.50. The molecule has 104 valence electrons. The van der Waals surface area contributed by atoms with Gasteiger partial charge in [-0.2, -0.15) is 0 Å². The van der Waals surface area contributed by atoms with Crippen LogP contribution in [0.4, 0.5) is 28.9 Å². The maximum absolute atomic E-state index is 13.4. The highest BCUT2D eigenvalue weighted by atomic mass is 19.2. The minimum Gasteiger partial charge on any atom is -0.396 e. The summed E-state index contributed by atoms with van der Waals surface area (Å²) in [7, 11) is 0. The van der Waals surface area contributed by atoms with E-state index in [1.165, 1.54) is 12.1 Å². The second-order valence-electron chi connectivity index (χ2n) is 3.91. The summed E-state index contributed by atoms with van der Waals surface area (Å²) in [5.41, 5.74) is 4.44. The molecule has 0 atom stereocenters. The molecule has 20 heavy (non-hydrogen) atoms. The molecule has 7 heteroatoms. The zero-order valence-corrected chi connectivity index (χ0v) is 9.88. The van der Waals surface area contributed by atoms with E-state index in [1.807, 2.05) is 0 Å². The molecule has 0 bridgehead atoms. The van der Waals surface area contributed by atoms with Crippen LogP contribution in [0.25, 0.3) is 0 Å². The number of anilines is 2. The van der Waals surface area contributed by atoms with Crippen LogP contribution in [0, 0.1) is 23.3 Å². The first-order valence-electron chi connectivity index (χ1n) is 5.40. The van der Waals surface area contributed by atoms with Crippen molar-refractivity contribution < 1.29 is 22.4 Å². The molecule has 0 saturated carbocycles. The summed E-state index contributed by atoms with van der Waals surface area (Å²) < 4.78 is 52.3. The Hall–Kier alpha value is -2.57. The van der Waals surface area contributed by atoms with Crippen LogP contribution in [-0.2, 0) is 0 Å². The molecule has 0 aliphatic heterocycles. The zero-order chi connectivity index (χ0) is 14.9. The first-order valence-corrected chi connectivity index (χ1v) is 5.40. The molecule has 0 unspecified atom stereocenters. The van der Waals surface area contributed by atoms with Crippen molar-refractivity contribution in [3.8, 4) is 0 Å². The number of amides is 1. The quantitative estimate of drug-likeness (QED) is 0.506. The Morgan fingerprint density at radius 2 is 1.65 bits per heavy atom. The lowest BCUT2D eigenvalue weighted by Gasteiger charge is -2.07. The molecule has 2 aromatic rings. The number of carbonyl (C=O) groups is 1. The first-order chi connectivity index (χ1) is 9.40. The molecule has 0 aliphatic carbocycles. The molecule has 0 aromatic heterocycles. The molecule has 0 aliphatic rings. The zero-order valence-electron chi connectivity index (χ0n) is 9.88. The van der Waals surface area contributed by atoms with Crippen molar-refractivity contribution >= 4 is 17.3 Å². The Morgan fingerprint density at radius 3 is 2.30 bits per heavy atom. The summed E-state index contributed by atoms with van der Waals surface area (Å²) in [6, 6.07) is 4.82. The maximum Gasteiger partial charge on any atom is 0.258 e. The molecule has 0 saturated heterocycles. The van der Waals surface area contributed by atoms with E-state index < -0.39 is 34.7 Å². The number of halogens is 4. The van der Waals surface area contributed by atoms with Gasteiger partial charge in [0.25, 0.3) is 5.91 Å². The van der Waals surface area contributed by atoms with Gasteiger partial charge in [0.1, 0.15) is 5.82 Å². The molecule has 0 radical (unpaired) electrons. The smallest absolute Gasteiger partial charge is 0.258 e. The average Bonchev–Trinajstić information content (AvgIpc) is 2.40. The van der Waals surface area contributed by atoms with Crippen LogP contribution >= 0.6 is 0 Å². The molecule has 0 spiro atoms. The minimum absolute atomic E-state index is 0.00540. The number of rotatable bonds is 2. The van der Waals surface area contributed by atoms with Gasteiger partial charge < -0.3 is 11.1 Å². The maximum atomic E-state index is 13.4. The summed E-state index contributed by atoms with van der Waals surface area (Å²) >= 11 is 0. The van der Waals surface area contributed by atoms with Gasteiger partial charge in [0.2, 0.25) is 0 Å². The van der Waals surface area contributed by atoms with Gasteiger partial charge in [0.15, 0.2) is 17.5 Å². The van der Waals surface area contributed by atoms with Crippen LogP contribution in [0.3, 0.4) is 0 Å². The molecule has 2 aromatic carbocycles. The molecule has 3 N–H and O–H groups in total. The Labute approximate surface area is 111 Å². The van der Waals surface area contributed by atoms with Crippen LogP contribution in [0.2, 0.25) is 0 Å². The number of benzene rings is 2. The normalized spacial score (nSPS) is 10.4. The highest BCUT2D eigenvalue weighted by Gasteiger charge is 2.19. The molecular formula is C13H8F4N2O. The third-order valence-corrected chi connectivity index (χ3v) is 2.54. The lowest BCUT2D eigenvalue weighted by molar-refractivity contribution is 0.102. The van der Waals surface area contributed by atoms with Crippen molar-refractivity contribution in [1.82, 2.24) is 0 Å². The van der Waals surface area contributed by atoms with E-state index in [-0.39, 0.29) is 11.4 Å². The summed E-state index contributed by atoms with van der Waals surface area (Å²) in [6.07, 6.45) is 0. The van der Waals surface area contributed by atoms with Crippen molar-refractivity contribution in [2.24, 2.45) is 0 Å². The predicted octanol–water partition coefficient (Wildman–Crippen LogP) is 3.08. The molecule has 3 nitrogen and oxygen atoms in total. The third-order valence-electron chi connectivity index (χ3n) is 2.54. The van der Waals surface area contributed by atoms with Gasteiger partial charge in [-0.15, -0.1) is 0 Å². The van der Waals surface area contributed by atoms with Gasteiger partial charge in [-0.1, -0.05) is 0 Å². The van der Waals surface area contributed by atoms with Gasteiger partial charge in [-0.05, 0) is 30.3 Å². The van der Waals surface area contributed by atoms with Crippen molar-refractivity contribution in [3.63, 3.8) is 0 Å². The van der Waals surface area contributed by atoms with E-state index >= 15 is 0 Å². The minimum atomic E-state index is -1.75. The average molecular weight is 284 g/mol. The van der Waals surface area contributed by atoms with Crippen molar-refractivity contribution in [1.29, 1.82) is 0 Å². The second kappa shape index (κ2) is 5.20. The fraction of sp³-hybridized carbons (Fsp3) is 0. The standard InChI is InChI=1S/C13H8F4N2O/c14-8-3-2-7(11(16)12(8)17)13(20)19-6-1-4-10(18)9(15)5-6/h1-5H,18H2,(H,19,20). The third kappa shape index (κ3) is 2.56. The van der Waals surface area contributed by atoms with E-state index in [0.717, 1.165) is 12.1 Å². The number of carbonyl (C=O) groups excluding carboxylic acids is 1. The molecular weight excluding hydrogens is 276 g/mol. The van der Waals surface area contributed by atoms with Crippen LogP contribution < -0.4 is 11.1 Å². The topological polar surface area (TPSA) is 55.1 Å². The Kier molecular flexibility index (Phi) is 3.60. The summed E-state index contributed by atoms with van der Waals surface area (Å²) in [6.45, 7) is 0. The van der Waals surface area contributed by atoms with Crippen molar-refractivity contribution in [3.05, 3.63) is 59.2 Å². The number of hydrogen-bond donors (Lipinski definition) is 2. The number of nitrogen functional groups attached to an aromatic ring is 1. The second-order valence-corrected chi connectivity index (χ2v) is 3.91. The van der Waals surface area contributed by atoms with Gasteiger partial charge in [0.05, 0.1) is 11.3 Å². The lowest BCUT2D eigenvalue weighted by atomic mass is 10.1. The van der Waals surface area contributed by atoms with Crippen LogP contribution in [0.5, 0.6) is 0 Å². The van der Waals surface area contributed by atoms with E-state index in [4.69, 9.17) is 5.73 Å². The summed E-state index contributed by atoms with van der Waals surface area (Å²) in [5, 5.41) is 2.15. The molecule has 0 heterocycles. The SMILES string of the molecule is Nc1ccc(NC(=O)c2ccc(F)c(F)c2F)cc1F. The van der Waals surface area contributed by atoms with Crippen molar-refractivity contribution in [2.75, 3.05) is 11.1 Å². The van der Waals surface area contributed by atoms with Crippen molar-refractivity contribution in [2.45, 2.75) is 0 Å². The first kappa shape index (κ1) is 13.9. The monoisotopic (exact) mass is 284 g/mol.